The topological polar surface area (TPSA) is 68.6 Å². The van der Waals surface area contributed by atoms with Gasteiger partial charge < -0.3 is 14.2 Å². The lowest BCUT2D eigenvalue weighted by Crippen LogP contribution is -2.54. The first-order valence-electron chi connectivity index (χ1n) is 13.8. The normalized spacial score (nSPS) is 45.6. The Hall–Kier alpha value is -1.38. The minimum absolute atomic E-state index is 0.0496. The van der Waals surface area contributed by atoms with Crippen molar-refractivity contribution in [1.29, 1.82) is 5.26 Å². The molecule has 34 heavy (non-hydrogen) atoms. The van der Waals surface area contributed by atoms with E-state index in [0.717, 1.165) is 58.0 Å². The van der Waals surface area contributed by atoms with Gasteiger partial charge in [-0.05, 0) is 99.7 Å². The SMILES string of the molecule is CC(=O)O[C@H]1CC[C@@]2(C)C(=CC[C@@H]3[C@H]4CC[C@@H]([C@](C)(C#N)O[C@@H]5CCCCO5)[C@@]4(C)CC[C@H]32)C1. The second kappa shape index (κ2) is 8.93. The summed E-state index contributed by atoms with van der Waals surface area (Å²) in [4.78, 5) is 11.5. The summed E-state index contributed by atoms with van der Waals surface area (Å²) in [7, 11) is 0. The summed E-state index contributed by atoms with van der Waals surface area (Å²) in [5, 5.41) is 10.3. The molecule has 5 aliphatic rings. The van der Waals surface area contributed by atoms with Crippen LogP contribution in [-0.4, -0.2) is 30.6 Å². The number of nitriles is 1. The Morgan fingerprint density at radius 1 is 1.15 bits per heavy atom. The van der Waals surface area contributed by atoms with Crippen molar-refractivity contribution in [3.05, 3.63) is 11.6 Å². The molecule has 0 aromatic rings. The maximum Gasteiger partial charge on any atom is 0.302 e. The van der Waals surface area contributed by atoms with Crippen LogP contribution in [0.3, 0.4) is 0 Å². The molecule has 4 aliphatic carbocycles. The number of carbonyl (C=O) groups excluding carboxylic acids is 1. The summed E-state index contributed by atoms with van der Waals surface area (Å²) in [6.07, 6.45) is 14.2. The molecule has 0 aromatic heterocycles. The molecule has 5 nitrogen and oxygen atoms in total. The number of fused-ring (bicyclic) bond motifs is 5. The molecule has 5 heteroatoms. The predicted molar refractivity (Wildman–Crippen MR) is 129 cm³/mol. The molecular formula is C29H43NO4. The molecule has 4 fully saturated rings. The summed E-state index contributed by atoms with van der Waals surface area (Å²) in [5.41, 5.74) is 1.10. The summed E-state index contributed by atoms with van der Waals surface area (Å²) in [6, 6.07) is 2.62. The first-order chi connectivity index (χ1) is 16.2. The third-order valence-corrected chi connectivity index (χ3v) is 10.8. The molecule has 1 heterocycles. The van der Waals surface area contributed by atoms with Gasteiger partial charge in [0.2, 0.25) is 0 Å². The number of hydrogen-bond donors (Lipinski definition) is 0. The molecule has 1 saturated heterocycles. The highest BCUT2D eigenvalue weighted by Gasteiger charge is 2.62. The number of nitrogens with zero attached hydrogens (tertiary/aromatic N) is 1. The van der Waals surface area contributed by atoms with E-state index in [1.165, 1.54) is 31.8 Å². The van der Waals surface area contributed by atoms with Gasteiger partial charge >= 0.3 is 5.97 Å². The first-order valence-corrected chi connectivity index (χ1v) is 13.8. The zero-order chi connectivity index (χ0) is 24.1. The molecule has 188 valence electrons. The van der Waals surface area contributed by atoms with E-state index in [9.17, 15) is 10.1 Å². The standard InChI is InChI=1S/C29H43NO4/c1-19(31)33-21-12-14-27(2)20(17-21)8-9-22-23-10-11-25(28(23,3)15-13-24(22)27)29(4,18-30)34-26-7-5-6-16-32-26/h8,21-26H,5-7,9-17H2,1-4H3/t21-,22+,23+,24+,25+,26+,27-,28-,29-/m0/s1. The molecule has 1 aliphatic heterocycles. The van der Waals surface area contributed by atoms with Crippen LogP contribution in [0.1, 0.15) is 98.3 Å². The van der Waals surface area contributed by atoms with E-state index in [0.29, 0.717) is 17.8 Å². The molecule has 0 radical (unpaired) electrons. The number of allylic oxidation sites excluding steroid dienone is 1. The summed E-state index contributed by atoms with van der Waals surface area (Å²) in [5.74, 6) is 2.10. The van der Waals surface area contributed by atoms with Gasteiger partial charge in [0.25, 0.3) is 0 Å². The van der Waals surface area contributed by atoms with Gasteiger partial charge in [-0.3, -0.25) is 4.79 Å². The molecule has 0 bridgehead atoms. The Balaban J connectivity index is 1.35. The van der Waals surface area contributed by atoms with Crippen molar-refractivity contribution in [2.75, 3.05) is 6.61 Å². The second-order valence-electron chi connectivity index (χ2n) is 12.5. The van der Waals surface area contributed by atoms with Gasteiger partial charge in [-0.25, -0.2) is 0 Å². The monoisotopic (exact) mass is 469 g/mol. The summed E-state index contributed by atoms with van der Waals surface area (Å²) >= 11 is 0. The van der Waals surface area contributed by atoms with Crippen molar-refractivity contribution in [2.45, 2.75) is 116 Å². The minimum atomic E-state index is -0.792. The summed E-state index contributed by atoms with van der Waals surface area (Å²) in [6.45, 7) is 9.25. The van der Waals surface area contributed by atoms with Gasteiger partial charge in [0, 0.05) is 25.9 Å². The van der Waals surface area contributed by atoms with Gasteiger partial charge in [-0.1, -0.05) is 25.5 Å². The molecule has 0 spiro atoms. The molecule has 9 atom stereocenters. The Morgan fingerprint density at radius 2 is 1.97 bits per heavy atom. The van der Waals surface area contributed by atoms with Crippen LogP contribution >= 0.6 is 0 Å². The average Bonchev–Trinajstić information content (AvgIpc) is 3.17. The first kappa shape index (κ1) is 24.3. The van der Waals surface area contributed by atoms with Crippen LogP contribution in [0.4, 0.5) is 0 Å². The zero-order valence-electron chi connectivity index (χ0n) is 21.6. The van der Waals surface area contributed by atoms with Crippen LogP contribution in [0.2, 0.25) is 0 Å². The van der Waals surface area contributed by atoms with Crippen LogP contribution < -0.4 is 0 Å². The van der Waals surface area contributed by atoms with E-state index >= 15 is 0 Å². The Labute approximate surface area is 205 Å². The van der Waals surface area contributed by atoms with Crippen LogP contribution in [-0.2, 0) is 19.0 Å². The van der Waals surface area contributed by atoms with E-state index in [4.69, 9.17) is 14.2 Å². The van der Waals surface area contributed by atoms with E-state index < -0.39 is 5.60 Å². The largest absolute Gasteiger partial charge is 0.462 e. The Morgan fingerprint density at radius 3 is 2.68 bits per heavy atom. The number of hydrogen-bond acceptors (Lipinski definition) is 5. The molecule has 0 aromatic carbocycles. The van der Waals surface area contributed by atoms with Crippen LogP contribution in [0.5, 0.6) is 0 Å². The Bertz CT molecular complexity index is 872. The molecule has 5 rings (SSSR count). The maximum atomic E-state index is 11.5. The highest BCUT2D eigenvalue weighted by Crippen LogP contribution is 2.67. The van der Waals surface area contributed by atoms with E-state index in [2.05, 4.69) is 26.0 Å². The Kier molecular flexibility index (Phi) is 6.39. The van der Waals surface area contributed by atoms with Crippen LogP contribution in [0.25, 0.3) is 0 Å². The van der Waals surface area contributed by atoms with Crippen LogP contribution in [0, 0.1) is 45.8 Å². The number of rotatable bonds is 4. The third kappa shape index (κ3) is 3.94. The van der Waals surface area contributed by atoms with E-state index in [-0.39, 0.29) is 35.1 Å². The van der Waals surface area contributed by atoms with Crippen molar-refractivity contribution in [1.82, 2.24) is 0 Å². The van der Waals surface area contributed by atoms with Crippen molar-refractivity contribution in [2.24, 2.45) is 34.5 Å². The van der Waals surface area contributed by atoms with Gasteiger partial charge in [-0.2, -0.15) is 5.26 Å². The molecule has 0 unspecified atom stereocenters. The number of esters is 1. The van der Waals surface area contributed by atoms with Crippen molar-refractivity contribution < 1.29 is 19.0 Å². The lowest BCUT2D eigenvalue weighted by atomic mass is 9.47. The van der Waals surface area contributed by atoms with Gasteiger partial charge in [-0.15, -0.1) is 0 Å². The fourth-order valence-corrected chi connectivity index (χ4v) is 9.13. The van der Waals surface area contributed by atoms with Gasteiger partial charge in [0.05, 0.1) is 6.07 Å². The smallest absolute Gasteiger partial charge is 0.302 e. The number of carbonyl (C=O) groups is 1. The lowest BCUT2D eigenvalue weighted by Gasteiger charge is -2.58. The quantitative estimate of drug-likeness (QED) is 0.356. The molecule has 3 saturated carbocycles. The minimum Gasteiger partial charge on any atom is -0.462 e. The van der Waals surface area contributed by atoms with E-state index in [1.54, 1.807) is 0 Å². The van der Waals surface area contributed by atoms with Gasteiger partial charge in [0.1, 0.15) is 6.10 Å². The third-order valence-electron chi connectivity index (χ3n) is 10.8. The average molecular weight is 470 g/mol. The highest BCUT2D eigenvalue weighted by atomic mass is 16.7. The molecule has 0 amide bonds. The second-order valence-corrected chi connectivity index (χ2v) is 12.5. The highest BCUT2D eigenvalue weighted by molar-refractivity contribution is 5.66. The van der Waals surface area contributed by atoms with Crippen molar-refractivity contribution in [3.63, 3.8) is 0 Å². The maximum absolute atomic E-state index is 11.5. The summed E-state index contributed by atoms with van der Waals surface area (Å²) < 4.78 is 18.0. The zero-order valence-corrected chi connectivity index (χ0v) is 21.6. The lowest BCUT2D eigenvalue weighted by molar-refractivity contribution is -0.229. The molecule has 0 N–H and O–H groups in total. The van der Waals surface area contributed by atoms with Gasteiger partial charge in [0.15, 0.2) is 11.9 Å². The fraction of sp³-hybridized carbons (Fsp3) is 0.862. The predicted octanol–water partition coefficient (Wildman–Crippen LogP) is 6.32. The number of ether oxygens (including phenoxy) is 3. The molecular weight excluding hydrogens is 426 g/mol. The van der Waals surface area contributed by atoms with E-state index in [1.807, 2.05) is 6.92 Å². The van der Waals surface area contributed by atoms with Crippen LogP contribution in [0.15, 0.2) is 11.6 Å². The van der Waals surface area contributed by atoms with Crippen molar-refractivity contribution >= 4 is 5.97 Å². The fourth-order valence-electron chi connectivity index (χ4n) is 9.13. The van der Waals surface area contributed by atoms with Crippen molar-refractivity contribution in [3.8, 4) is 6.07 Å².